The van der Waals surface area contributed by atoms with Gasteiger partial charge < -0.3 is 0 Å². The zero-order chi connectivity index (χ0) is 7.28. The maximum atomic E-state index is 8.49. The molecule has 0 bridgehead atoms. The van der Waals surface area contributed by atoms with Crippen LogP contribution in [0.5, 0.6) is 0 Å². The Kier molecular flexibility index (Phi) is 4.13. The van der Waals surface area contributed by atoms with Gasteiger partial charge in [0, 0.05) is 5.92 Å². The zero-order valence-corrected chi connectivity index (χ0v) is 6.39. The summed E-state index contributed by atoms with van der Waals surface area (Å²) in [6.07, 6.45) is 3.02. The average molecular weight is 124 g/mol. The molecular formula is C8H14N. The molecule has 1 radical (unpaired) electrons. The van der Waals surface area contributed by atoms with Crippen LogP contribution in [0.25, 0.3) is 0 Å². The summed E-state index contributed by atoms with van der Waals surface area (Å²) >= 11 is 0. The molecule has 1 heteroatoms. The standard InChI is InChI=1S/C8H14N/c1-4-8(6-9)5-7(2)3/h5,7-8H,4H2,1-3H3. The fraction of sp³-hybridized carbons (Fsp3) is 0.750. The van der Waals surface area contributed by atoms with Gasteiger partial charge in [-0.15, -0.1) is 0 Å². The Bertz CT molecular complexity index is 99.6. The van der Waals surface area contributed by atoms with E-state index in [9.17, 15) is 0 Å². The zero-order valence-electron chi connectivity index (χ0n) is 6.39. The van der Waals surface area contributed by atoms with Crippen molar-refractivity contribution in [1.29, 1.82) is 5.26 Å². The van der Waals surface area contributed by atoms with Gasteiger partial charge in [-0.2, -0.15) is 5.26 Å². The number of hydrogen-bond donors (Lipinski definition) is 0. The summed E-state index contributed by atoms with van der Waals surface area (Å²) in [5, 5.41) is 8.49. The molecule has 0 fully saturated rings. The van der Waals surface area contributed by atoms with E-state index in [1.807, 2.05) is 6.92 Å². The van der Waals surface area contributed by atoms with Crippen LogP contribution in [0.4, 0.5) is 0 Å². The summed E-state index contributed by atoms with van der Waals surface area (Å²) in [7, 11) is 0. The van der Waals surface area contributed by atoms with Gasteiger partial charge >= 0.3 is 0 Å². The highest BCUT2D eigenvalue weighted by atomic mass is 14.3. The first-order valence-corrected chi connectivity index (χ1v) is 3.45. The Hall–Kier alpha value is -0.510. The van der Waals surface area contributed by atoms with Gasteiger partial charge in [-0.25, -0.2) is 0 Å². The molecule has 0 heterocycles. The van der Waals surface area contributed by atoms with E-state index in [0.29, 0.717) is 5.92 Å². The van der Waals surface area contributed by atoms with Crippen LogP contribution in [0.3, 0.4) is 0 Å². The third-order valence-corrected chi connectivity index (χ3v) is 1.22. The largest absolute Gasteiger partial charge is 0.198 e. The molecule has 0 saturated carbocycles. The quantitative estimate of drug-likeness (QED) is 0.566. The lowest BCUT2D eigenvalue weighted by atomic mass is 9.96. The molecule has 0 aromatic carbocycles. The van der Waals surface area contributed by atoms with Gasteiger partial charge in [0.05, 0.1) is 6.07 Å². The van der Waals surface area contributed by atoms with Crippen molar-refractivity contribution in [2.75, 3.05) is 0 Å². The van der Waals surface area contributed by atoms with Crippen LogP contribution in [0.2, 0.25) is 0 Å². The highest BCUT2D eigenvalue weighted by Gasteiger charge is 2.05. The Morgan fingerprint density at radius 2 is 2.11 bits per heavy atom. The van der Waals surface area contributed by atoms with Crippen molar-refractivity contribution in [3.63, 3.8) is 0 Å². The minimum atomic E-state index is 0.157. The smallest absolute Gasteiger partial charge is 0.0658 e. The molecule has 1 nitrogen and oxygen atoms in total. The van der Waals surface area contributed by atoms with E-state index in [4.69, 9.17) is 5.26 Å². The molecule has 0 rings (SSSR count). The summed E-state index contributed by atoms with van der Waals surface area (Å²) in [6.45, 7) is 6.23. The lowest BCUT2D eigenvalue weighted by Crippen LogP contribution is -2.00. The fourth-order valence-corrected chi connectivity index (χ4v) is 0.735. The third-order valence-electron chi connectivity index (χ3n) is 1.22. The predicted molar refractivity (Wildman–Crippen MR) is 38.5 cm³/mol. The molecule has 0 aromatic heterocycles. The molecule has 0 aliphatic rings. The predicted octanol–water partition coefficient (Wildman–Crippen LogP) is 2.40. The highest BCUT2D eigenvalue weighted by Crippen LogP contribution is 2.11. The van der Waals surface area contributed by atoms with Crippen molar-refractivity contribution in [3.05, 3.63) is 6.42 Å². The average Bonchev–Trinajstić information content (AvgIpc) is 1.82. The van der Waals surface area contributed by atoms with E-state index in [1.165, 1.54) is 0 Å². The third kappa shape index (κ3) is 4.02. The number of nitrogens with zero attached hydrogens (tertiary/aromatic N) is 1. The molecule has 0 aliphatic heterocycles. The van der Waals surface area contributed by atoms with E-state index < -0.39 is 0 Å². The van der Waals surface area contributed by atoms with Crippen LogP contribution in [-0.2, 0) is 0 Å². The van der Waals surface area contributed by atoms with Crippen LogP contribution in [0.15, 0.2) is 0 Å². The lowest BCUT2D eigenvalue weighted by Gasteiger charge is -2.06. The van der Waals surface area contributed by atoms with Gasteiger partial charge in [0.25, 0.3) is 0 Å². The van der Waals surface area contributed by atoms with E-state index in [-0.39, 0.29) is 5.92 Å². The SMILES string of the molecule is CCC(C#N)[CH]C(C)C. The van der Waals surface area contributed by atoms with Crippen LogP contribution in [0, 0.1) is 29.6 Å². The second kappa shape index (κ2) is 4.38. The normalized spacial score (nSPS) is 13.2. The van der Waals surface area contributed by atoms with Crippen molar-refractivity contribution in [1.82, 2.24) is 0 Å². The van der Waals surface area contributed by atoms with Crippen molar-refractivity contribution in [2.24, 2.45) is 11.8 Å². The molecule has 0 amide bonds. The minimum Gasteiger partial charge on any atom is -0.198 e. The van der Waals surface area contributed by atoms with Gasteiger partial charge in [0.15, 0.2) is 0 Å². The van der Waals surface area contributed by atoms with Crippen molar-refractivity contribution in [3.8, 4) is 6.07 Å². The van der Waals surface area contributed by atoms with Gasteiger partial charge in [-0.3, -0.25) is 0 Å². The van der Waals surface area contributed by atoms with Crippen LogP contribution in [-0.4, -0.2) is 0 Å². The monoisotopic (exact) mass is 124 g/mol. The van der Waals surface area contributed by atoms with Crippen LogP contribution >= 0.6 is 0 Å². The first-order valence-electron chi connectivity index (χ1n) is 3.45. The van der Waals surface area contributed by atoms with Gasteiger partial charge in [0.2, 0.25) is 0 Å². The molecular weight excluding hydrogens is 110 g/mol. The summed E-state index contributed by atoms with van der Waals surface area (Å²) in [6, 6.07) is 2.23. The topological polar surface area (TPSA) is 23.8 Å². The maximum Gasteiger partial charge on any atom is 0.0658 e. The van der Waals surface area contributed by atoms with Gasteiger partial charge in [-0.1, -0.05) is 20.8 Å². The highest BCUT2D eigenvalue weighted by molar-refractivity contribution is 4.93. The number of rotatable bonds is 3. The van der Waals surface area contributed by atoms with E-state index in [2.05, 4.69) is 26.3 Å². The molecule has 1 unspecified atom stereocenters. The van der Waals surface area contributed by atoms with Gasteiger partial charge in [-0.05, 0) is 18.8 Å². The van der Waals surface area contributed by atoms with Crippen LogP contribution in [0.1, 0.15) is 27.2 Å². The lowest BCUT2D eigenvalue weighted by molar-refractivity contribution is 0.611. The first-order chi connectivity index (χ1) is 4.20. The second-order valence-electron chi connectivity index (χ2n) is 2.58. The molecule has 9 heavy (non-hydrogen) atoms. The summed E-state index contributed by atoms with van der Waals surface area (Å²) in [4.78, 5) is 0. The fourth-order valence-electron chi connectivity index (χ4n) is 0.735. The molecule has 0 spiro atoms. The summed E-state index contributed by atoms with van der Waals surface area (Å²) in [5.41, 5.74) is 0. The van der Waals surface area contributed by atoms with E-state index >= 15 is 0 Å². The Labute approximate surface area is 57.7 Å². The summed E-state index contributed by atoms with van der Waals surface area (Å²) < 4.78 is 0. The number of hydrogen-bond acceptors (Lipinski definition) is 1. The molecule has 0 aromatic rings. The van der Waals surface area contributed by atoms with Gasteiger partial charge in [0.1, 0.15) is 0 Å². The van der Waals surface area contributed by atoms with E-state index in [1.54, 1.807) is 0 Å². The Morgan fingerprint density at radius 1 is 1.56 bits per heavy atom. The minimum absolute atomic E-state index is 0.157. The Morgan fingerprint density at radius 3 is 2.22 bits per heavy atom. The summed E-state index contributed by atoms with van der Waals surface area (Å²) in [5.74, 6) is 0.694. The van der Waals surface area contributed by atoms with Crippen molar-refractivity contribution in [2.45, 2.75) is 27.2 Å². The first kappa shape index (κ1) is 8.49. The molecule has 0 N–H and O–H groups in total. The van der Waals surface area contributed by atoms with Crippen LogP contribution < -0.4 is 0 Å². The molecule has 0 saturated heterocycles. The molecule has 51 valence electrons. The maximum absolute atomic E-state index is 8.49. The van der Waals surface area contributed by atoms with E-state index in [0.717, 1.165) is 6.42 Å². The Balaban J connectivity index is 3.47. The number of nitriles is 1. The van der Waals surface area contributed by atoms with Crippen molar-refractivity contribution < 1.29 is 0 Å². The molecule has 1 atom stereocenters. The van der Waals surface area contributed by atoms with Crippen molar-refractivity contribution >= 4 is 0 Å². The molecule has 0 aliphatic carbocycles. The second-order valence-corrected chi connectivity index (χ2v) is 2.58.